The number of hydrogen-bond acceptors (Lipinski definition) is 3. The Balaban J connectivity index is 2.00. The lowest BCUT2D eigenvalue weighted by Crippen LogP contribution is -2.37. The number of carbonyl (C=O) groups excluding carboxylic acids is 2. The van der Waals surface area contributed by atoms with E-state index < -0.39 is 11.9 Å². The SMILES string of the molecule is NC(=O)c1cccc(NC(=O)C(N)Cc2ccccc2)c1. The van der Waals surface area contributed by atoms with Gasteiger partial charge in [0.05, 0.1) is 6.04 Å². The van der Waals surface area contributed by atoms with E-state index in [1.165, 1.54) is 6.07 Å². The minimum absolute atomic E-state index is 0.305. The largest absolute Gasteiger partial charge is 0.366 e. The van der Waals surface area contributed by atoms with E-state index in [9.17, 15) is 9.59 Å². The number of carbonyl (C=O) groups is 2. The smallest absolute Gasteiger partial charge is 0.248 e. The van der Waals surface area contributed by atoms with Crippen LogP contribution in [0.4, 0.5) is 5.69 Å². The molecule has 5 nitrogen and oxygen atoms in total. The third-order valence-corrected chi connectivity index (χ3v) is 3.05. The second-order valence-corrected chi connectivity index (χ2v) is 4.73. The molecule has 21 heavy (non-hydrogen) atoms. The van der Waals surface area contributed by atoms with Crippen molar-refractivity contribution in [2.75, 3.05) is 5.32 Å². The van der Waals surface area contributed by atoms with Gasteiger partial charge in [-0.3, -0.25) is 9.59 Å². The number of benzene rings is 2. The van der Waals surface area contributed by atoms with Gasteiger partial charge in [0.15, 0.2) is 0 Å². The molecule has 5 N–H and O–H groups in total. The standard InChI is InChI=1S/C16H17N3O2/c17-14(9-11-5-2-1-3-6-11)16(21)19-13-8-4-7-12(10-13)15(18)20/h1-8,10,14H,9,17H2,(H2,18,20)(H,19,21). The summed E-state index contributed by atoms with van der Waals surface area (Å²) in [6.07, 6.45) is 0.447. The molecule has 0 aliphatic heterocycles. The predicted molar refractivity (Wildman–Crippen MR) is 81.7 cm³/mol. The number of anilines is 1. The van der Waals surface area contributed by atoms with E-state index in [0.717, 1.165) is 5.56 Å². The molecule has 1 unspecified atom stereocenters. The van der Waals surface area contributed by atoms with Gasteiger partial charge in [-0.2, -0.15) is 0 Å². The van der Waals surface area contributed by atoms with Crippen molar-refractivity contribution in [2.45, 2.75) is 12.5 Å². The van der Waals surface area contributed by atoms with Crippen LogP contribution in [0.2, 0.25) is 0 Å². The average molecular weight is 283 g/mol. The first-order chi connectivity index (χ1) is 10.1. The average Bonchev–Trinajstić information content (AvgIpc) is 2.48. The normalized spacial score (nSPS) is 11.7. The number of amides is 2. The summed E-state index contributed by atoms with van der Waals surface area (Å²) in [6, 6.07) is 15.3. The Morgan fingerprint density at radius 2 is 1.76 bits per heavy atom. The van der Waals surface area contributed by atoms with Crippen molar-refractivity contribution < 1.29 is 9.59 Å². The number of hydrogen-bond donors (Lipinski definition) is 3. The van der Waals surface area contributed by atoms with Crippen LogP contribution in [0.1, 0.15) is 15.9 Å². The van der Waals surface area contributed by atoms with Gasteiger partial charge in [-0.15, -0.1) is 0 Å². The van der Waals surface area contributed by atoms with Gasteiger partial charge in [0, 0.05) is 11.3 Å². The molecular formula is C16H17N3O2. The van der Waals surface area contributed by atoms with Crippen LogP contribution in [0, 0.1) is 0 Å². The Morgan fingerprint density at radius 1 is 1.05 bits per heavy atom. The van der Waals surface area contributed by atoms with Gasteiger partial charge in [0.2, 0.25) is 11.8 Å². The minimum atomic E-state index is -0.662. The maximum Gasteiger partial charge on any atom is 0.248 e. The third-order valence-electron chi connectivity index (χ3n) is 3.05. The summed E-state index contributed by atoms with van der Waals surface area (Å²) in [5, 5.41) is 2.69. The summed E-state index contributed by atoms with van der Waals surface area (Å²) in [6.45, 7) is 0. The van der Waals surface area contributed by atoms with Crippen LogP contribution in [0.15, 0.2) is 54.6 Å². The summed E-state index contributed by atoms with van der Waals surface area (Å²) in [5.41, 5.74) is 12.9. The minimum Gasteiger partial charge on any atom is -0.366 e. The molecule has 0 fully saturated rings. The lowest BCUT2D eigenvalue weighted by molar-refractivity contribution is -0.117. The molecule has 108 valence electrons. The molecule has 0 saturated heterocycles. The Hall–Kier alpha value is -2.66. The van der Waals surface area contributed by atoms with Gasteiger partial charge in [-0.25, -0.2) is 0 Å². The molecule has 1 atom stereocenters. The molecule has 0 aliphatic rings. The van der Waals surface area contributed by atoms with Crippen molar-refractivity contribution in [3.8, 4) is 0 Å². The summed E-state index contributed by atoms with van der Waals surface area (Å²) >= 11 is 0. The molecule has 2 amide bonds. The van der Waals surface area contributed by atoms with Crippen LogP contribution in [-0.4, -0.2) is 17.9 Å². The van der Waals surface area contributed by atoms with E-state index in [1.807, 2.05) is 30.3 Å². The number of rotatable bonds is 5. The van der Waals surface area contributed by atoms with Crippen LogP contribution in [-0.2, 0) is 11.2 Å². The van der Waals surface area contributed by atoms with Crippen molar-refractivity contribution in [1.29, 1.82) is 0 Å². The highest BCUT2D eigenvalue weighted by atomic mass is 16.2. The third kappa shape index (κ3) is 4.15. The van der Waals surface area contributed by atoms with E-state index in [1.54, 1.807) is 18.2 Å². The molecule has 0 saturated carbocycles. The van der Waals surface area contributed by atoms with E-state index in [2.05, 4.69) is 5.32 Å². The number of nitrogens with one attached hydrogen (secondary N) is 1. The van der Waals surface area contributed by atoms with E-state index in [4.69, 9.17) is 11.5 Å². The Kier molecular flexibility index (Phi) is 4.68. The van der Waals surface area contributed by atoms with Crippen molar-refractivity contribution in [1.82, 2.24) is 0 Å². The van der Waals surface area contributed by atoms with Gasteiger partial charge in [-0.05, 0) is 30.2 Å². The summed E-state index contributed by atoms with van der Waals surface area (Å²) in [4.78, 5) is 23.1. The fraction of sp³-hybridized carbons (Fsp3) is 0.125. The molecule has 0 spiro atoms. The van der Waals surface area contributed by atoms with E-state index in [0.29, 0.717) is 17.7 Å². The molecule has 2 aromatic carbocycles. The van der Waals surface area contributed by atoms with E-state index in [-0.39, 0.29) is 5.91 Å². The predicted octanol–water partition coefficient (Wildman–Crippen LogP) is 1.29. The fourth-order valence-electron chi connectivity index (χ4n) is 1.95. The highest BCUT2D eigenvalue weighted by molar-refractivity contribution is 5.97. The molecule has 0 bridgehead atoms. The monoisotopic (exact) mass is 283 g/mol. The first-order valence-corrected chi connectivity index (χ1v) is 6.56. The molecule has 0 aromatic heterocycles. The van der Waals surface area contributed by atoms with Crippen molar-refractivity contribution in [3.05, 3.63) is 65.7 Å². The van der Waals surface area contributed by atoms with Gasteiger partial charge >= 0.3 is 0 Å². The zero-order valence-electron chi connectivity index (χ0n) is 11.5. The number of primary amides is 1. The Morgan fingerprint density at radius 3 is 2.43 bits per heavy atom. The molecule has 5 heteroatoms. The van der Waals surface area contributed by atoms with Crippen LogP contribution in [0.25, 0.3) is 0 Å². The van der Waals surface area contributed by atoms with Crippen LogP contribution in [0.5, 0.6) is 0 Å². The zero-order chi connectivity index (χ0) is 15.2. The lowest BCUT2D eigenvalue weighted by atomic mass is 10.1. The highest BCUT2D eigenvalue weighted by Crippen LogP contribution is 2.11. The number of nitrogens with two attached hydrogens (primary N) is 2. The Labute approximate surface area is 123 Å². The second-order valence-electron chi connectivity index (χ2n) is 4.73. The summed E-state index contributed by atoms with van der Waals surface area (Å²) in [5.74, 6) is -0.847. The molecule has 0 aliphatic carbocycles. The topological polar surface area (TPSA) is 98.2 Å². The highest BCUT2D eigenvalue weighted by Gasteiger charge is 2.14. The van der Waals surface area contributed by atoms with Crippen LogP contribution < -0.4 is 16.8 Å². The van der Waals surface area contributed by atoms with Gasteiger partial charge in [0.1, 0.15) is 0 Å². The first-order valence-electron chi connectivity index (χ1n) is 6.56. The van der Waals surface area contributed by atoms with Crippen molar-refractivity contribution >= 4 is 17.5 Å². The van der Waals surface area contributed by atoms with Gasteiger partial charge in [-0.1, -0.05) is 36.4 Å². The summed E-state index contributed by atoms with van der Waals surface area (Å²) in [7, 11) is 0. The Bertz CT molecular complexity index is 641. The fourth-order valence-corrected chi connectivity index (χ4v) is 1.95. The summed E-state index contributed by atoms with van der Waals surface area (Å²) < 4.78 is 0. The maximum atomic E-state index is 12.0. The zero-order valence-corrected chi connectivity index (χ0v) is 11.5. The van der Waals surface area contributed by atoms with Crippen LogP contribution >= 0.6 is 0 Å². The molecule has 0 heterocycles. The van der Waals surface area contributed by atoms with E-state index >= 15 is 0 Å². The lowest BCUT2D eigenvalue weighted by Gasteiger charge is -2.12. The first kappa shape index (κ1) is 14.7. The van der Waals surface area contributed by atoms with Crippen molar-refractivity contribution in [2.24, 2.45) is 11.5 Å². The maximum absolute atomic E-state index is 12.0. The van der Waals surface area contributed by atoms with Crippen LogP contribution in [0.3, 0.4) is 0 Å². The quantitative estimate of drug-likeness (QED) is 0.771. The second kappa shape index (κ2) is 6.67. The molecule has 0 radical (unpaired) electrons. The van der Waals surface area contributed by atoms with Gasteiger partial charge < -0.3 is 16.8 Å². The molecular weight excluding hydrogens is 266 g/mol. The van der Waals surface area contributed by atoms with Gasteiger partial charge in [0.25, 0.3) is 0 Å². The van der Waals surface area contributed by atoms with Crippen molar-refractivity contribution in [3.63, 3.8) is 0 Å². The molecule has 2 rings (SSSR count). The molecule has 2 aromatic rings.